The molecule has 0 radical (unpaired) electrons. The number of benzene rings is 4. The maximum atomic E-state index is 2.50. The van der Waals surface area contributed by atoms with Crippen LogP contribution in [0.2, 0.25) is 0 Å². The van der Waals surface area contributed by atoms with Crippen LogP contribution in [-0.2, 0) is 5.41 Å². The van der Waals surface area contributed by atoms with Gasteiger partial charge in [0.2, 0.25) is 0 Å². The van der Waals surface area contributed by atoms with Crippen LogP contribution in [0.1, 0.15) is 31.9 Å². The fourth-order valence-electron chi connectivity index (χ4n) is 4.37. The van der Waals surface area contributed by atoms with Crippen LogP contribution in [0.15, 0.2) is 60.7 Å². The Morgan fingerprint density at radius 3 is 2.27 bits per heavy atom. The Hall–Kier alpha value is -1.81. The van der Waals surface area contributed by atoms with Crippen LogP contribution >= 0.6 is 0 Å². The zero-order chi connectivity index (χ0) is 18.1. The third kappa shape index (κ3) is 2.34. The number of hydrogen-bond donors (Lipinski definition) is 0. The van der Waals surface area contributed by atoms with Crippen molar-refractivity contribution in [3.8, 4) is 0 Å². The average Bonchev–Trinajstić information content (AvgIpc) is 2.95. The maximum absolute atomic E-state index is 2.50. The van der Waals surface area contributed by atoms with Crippen LogP contribution in [0.3, 0.4) is 0 Å². The molecule has 0 saturated heterocycles. The van der Waals surface area contributed by atoms with Gasteiger partial charge in [0, 0.05) is 0 Å². The third-order valence-electron chi connectivity index (χ3n) is 5.46. The molecule has 0 bridgehead atoms. The van der Waals surface area contributed by atoms with Crippen LogP contribution in [0.5, 0.6) is 0 Å². The van der Waals surface area contributed by atoms with Gasteiger partial charge in [-0.2, -0.15) is 0 Å². The van der Waals surface area contributed by atoms with Crippen molar-refractivity contribution in [2.45, 2.75) is 33.1 Å². The van der Waals surface area contributed by atoms with Gasteiger partial charge >= 0.3 is 164 Å². The van der Waals surface area contributed by atoms with Gasteiger partial charge in [-0.05, 0) is 0 Å². The molecule has 1 aromatic heterocycles. The van der Waals surface area contributed by atoms with E-state index < -0.39 is 0 Å². The molecular weight excluding hydrogens is 428 g/mol. The summed E-state index contributed by atoms with van der Waals surface area (Å²) in [7, 11) is 0. The predicted molar refractivity (Wildman–Crippen MR) is 117 cm³/mol. The molecule has 4 aromatic carbocycles. The van der Waals surface area contributed by atoms with E-state index in [0.29, 0.717) is 0 Å². The van der Waals surface area contributed by atoms with Gasteiger partial charge in [-0.25, -0.2) is 0 Å². The van der Waals surface area contributed by atoms with Crippen molar-refractivity contribution in [1.82, 2.24) is 0 Å². The summed E-state index contributed by atoms with van der Waals surface area (Å²) >= 11 is -0.349. The van der Waals surface area contributed by atoms with Crippen LogP contribution in [-0.4, -0.2) is 20.4 Å². The predicted octanol–water partition coefficient (Wildman–Crippen LogP) is 6.96. The van der Waals surface area contributed by atoms with Crippen molar-refractivity contribution in [3.63, 3.8) is 0 Å². The third-order valence-corrected chi connectivity index (χ3v) is 8.85. The van der Waals surface area contributed by atoms with E-state index in [1.165, 1.54) is 37.9 Å². The van der Waals surface area contributed by atoms with Crippen molar-refractivity contribution in [3.05, 3.63) is 71.8 Å². The first-order chi connectivity index (χ1) is 12.4. The Balaban J connectivity index is 1.96. The average molecular weight is 450 g/mol. The first-order valence-electron chi connectivity index (χ1n) is 9.21. The molecule has 1 heterocycles. The summed E-state index contributed by atoms with van der Waals surface area (Å²) in [4.78, 5) is 0. The van der Waals surface area contributed by atoms with Crippen molar-refractivity contribution in [2.24, 2.45) is 0 Å². The topological polar surface area (TPSA) is 0 Å². The minimum atomic E-state index is -0.349. The van der Waals surface area contributed by atoms with Crippen molar-refractivity contribution >= 4 is 59.6 Å². The quantitative estimate of drug-likeness (QED) is 0.177. The molecule has 0 fully saturated rings. The Bertz CT molecular complexity index is 1310. The van der Waals surface area contributed by atoms with Crippen molar-refractivity contribution in [1.29, 1.82) is 0 Å². The monoisotopic (exact) mass is 452 g/mol. The molecule has 0 spiro atoms. The molecule has 0 atom stereocenters. The first-order valence-corrected chi connectivity index (χ1v) is 11.5. The fourth-order valence-corrected chi connectivity index (χ4v) is 8.75. The van der Waals surface area contributed by atoms with Gasteiger partial charge in [0.25, 0.3) is 0 Å². The van der Waals surface area contributed by atoms with E-state index in [4.69, 9.17) is 0 Å². The molecule has 0 aliphatic heterocycles. The zero-order valence-corrected chi connectivity index (χ0v) is 18.0. The molecule has 0 saturated carbocycles. The zero-order valence-electron chi connectivity index (χ0n) is 15.7. The van der Waals surface area contributed by atoms with E-state index in [9.17, 15) is 0 Å². The summed E-state index contributed by atoms with van der Waals surface area (Å²) in [5.74, 6) is 0. The second kappa shape index (κ2) is 5.59. The van der Waals surface area contributed by atoms with Gasteiger partial charge in [-0.1, -0.05) is 0 Å². The number of fused-ring (bicyclic) bond motifs is 6. The summed E-state index contributed by atoms with van der Waals surface area (Å²) in [5.41, 5.74) is 3.24. The van der Waals surface area contributed by atoms with Gasteiger partial charge < -0.3 is 0 Å². The van der Waals surface area contributed by atoms with Crippen LogP contribution in [0.25, 0.3) is 39.1 Å². The van der Waals surface area contributed by atoms with E-state index in [1.807, 2.05) is 0 Å². The van der Waals surface area contributed by atoms with Gasteiger partial charge in [-0.3, -0.25) is 0 Å². The molecule has 0 nitrogen and oxygen atoms in total. The Labute approximate surface area is 164 Å². The molecule has 1 heteroatoms. The van der Waals surface area contributed by atoms with E-state index in [0.717, 1.165) is 0 Å². The van der Waals surface area contributed by atoms with Crippen molar-refractivity contribution < 1.29 is 0 Å². The fraction of sp³-hybridized carbons (Fsp3) is 0.200. The molecule has 0 N–H and O–H groups in total. The Morgan fingerprint density at radius 1 is 0.692 bits per heavy atom. The molecular formula is C25H22Te. The second-order valence-electron chi connectivity index (χ2n) is 8.34. The summed E-state index contributed by atoms with van der Waals surface area (Å²) in [6, 6.07) is 22.9. The second-order valence-corrected chi connectivity index (χ2v) is 11.3. The Morgan fingerprint density at radius 2 is 1.46 bits per heavy atom. The summed E-state index contributed by atoms with van der Waals surface area (Å²) in [6.45, 7) is 9.35. The summed E-state index contributed by atoms with van der Waals surface area (Å²) in [6.07, 6.45) is 0. The summed E-state index contributed by atoms with van der Waals surface area (Å²) in [5, 5.41) is 8.46. The van der Waals surface area contributed by atoms with E-state index in [-0.39, 0.29) is 25.8 Å². The molecule has 0 aliphatic carbocycles. The Kier molecular flexibility index (Phi) is 3.52. The number of hydrogen-bond acceptors (Lipinski definition) is 0. The normalized spacial score (nSPS) is 12.6. The number of rotatable bonds is 0. The SMILES string of the molecule is Cc1ccc2c([te]c3cc4c(ccc5ccccc54)cc32)c1C(C)(C)C. The van der Waals surface area contributed by atoms with E-state index in [2.05, 4.69) is 88.4 Å². The molecule has 128 valence electrons. The van der Waals surface area contributed by atoms with E-state index in [1.54, 1.807) is 12.4 Å². The number of aryl methyl sites for hydroxylation is 1. The molecule has 5 aromatic rings. The summed E-state index contributed by atoms with van der Waals surface area (Å²) < 4.78 is 3.27. The van der Waals surface area contributed by atoms with Crippen LogP contribution < -0.4 is 0 Å². The molecule has 0 unspecified atom stereocenters. The molecule has 0 amide bonds. The van der Waals surface area contributed by atoms with Crippen LogP contribution in [0, 0.1) is 6.92 Å². The molecule has 26 heavy (non-hydrogen) atoms. The molecule has 0 aliphatic rings. The van der Waals surface area contributed by atoms with Crippen molar-refractivity contribution in [2.75, 3.05) is 0 Å². The van der Waals surface area contributed by atoms with Gasteiger partial charge in [0.05, 0.1) is 0 Å². The van der Waals surface area contributed by atoms with Crippen LogP contribution in [0.4, 0.5) is 0 Å². The van der Waals surface area contributed by atoms with Gasteiger partial charge in [0.1, 0.15) is 0 Å². The minimum absolute atomic E-state index is 0.203. The van der Waals surface area contributed by atoms with Gasteiger partial charge in [0.15, 0.2) is 0 Å². The first kappa shape index (κ1) is 16.4. The molecule has 5 rings (SSSR count). The van der Waals surface area contributed by atoms with E-state index >= 15 is 0 Å². The standard InChI is InChI=1S/C25H22Te/c1-15-9-12-19-21-13-17-11-10-16-7-5-6-8-18(16)20(17)14-22(21)26-24(19)23(15)25(2,3)4/h5-14H,1-4H3. The van der Waals surface area contributed by atoms with Gasteiger partial charge in [-0.15, -0.1) is 0 Å².